The molecule has 2 unspecified atom stereocenters. The zero-order valence-electron chi connectivity index (χ0n) is 9.86. The topological polar surface area (TPSA) is 21.7 Å². The van der Waals surface area contributed by atoms with E-state index in [4.69, 9.17) is 21.1 Å². The molecule has 4 heteroatoms. The SMILES string of the molecule is COc1c(Cl)cccc1N1C2CCC1COC2. The number of fused-ring (bicyclic) bond motifs is 2. The van der Waals surface area contributed by atoms with Gasteiger partial charge in [-0.15, -0.1) is 0 Å². The second kappa shape index (κ2) is 4.39. The summed E-state index contributed by atoms with van der Waals surface area (Å²) in [5.74, 6) is 0.785. The van der Waals surface area contributed by atoms with Gasteiger partial charge in [-0.1, -0.05) is 17.7 Å². The summed E-state index contributed by atoms with van der Waals surface area (Å²) in [6, 6.07) is 6.88. The van der Waals surface area contributed by atoms with Crippen molar-refractivity contribution in [3.63, 3.8) is 0 Å². The molecule has 2 heterocycles. The molecular formula is C13H16ClNO2. The lowest BCUT2D eigenvalue weighted by Gasteiger charge is -2.37. The molecule has 2 saturated heterocycles. The largest absolute Gasteiger partial charge is 0.493 e. The molecule has 2 aliphatic rings. The van der Waals surface area contributed by atoms with Crippen molar-refractivity contribution in [3.05, 3.63) is 23.2 Å². The Hall–Kier alpha value is -0.930. The maximum absolute atomic E-state index is 6.18. The number of methoxy groups -OCH3 is 1. The van der Waals surface area contributed by atoms with E-state index >= 15 is 0 Å². The number of hydrogen-bond acceptors (Lipinski definition) is 3. The first kappa shape index (κ1) is 11.2. The van der Waals surface area contributed by atoms with E-state index in [1.165, 1.54) is 12.8 Å². The normalized spacial score (nSPS) is 27.3. The maximum atomic E-state index is 6.18. The van der Waals surface area contributed by atoms with Gasteiger partial charge < -0.3 is 14.4 Å². The smallest absolute Gasteiger partial charge is 0.160 e. The predicted octanol–water partition coefficient (Wildman–Crippen LogP) is 2.72. The zero-order valence-corrected chi connectivity index (χ0v) is 10.6. The number of ether oxygens (including phenoxy) is 2. The number of para-hydroxylation sites is 1. The van der Waals surface area contributed by atoms with Crippen molar-refractivity contribution >= 4 is 17.3 Å². The number of nitrogens with zero attached hydrogens (tertiary/aromatic N) is 1. The van der Waals surface area contributed by atoms with Crippen LogP contribution in [0.4, 0.5) is 5.69 Å². The van der Waals surface area contributed by atoms with Crippen LogP contribution in [0.25, 0.3) is 0 Å². The molecule has 2 aliphatic heterocycles. The molecule has 3 nitrogen and oxygen atoms in total. The van der Waals surface area contributed by atoms with E-state index in [0.717, 1.165) is 24.7 Å². The molecule has 2 atom stereocenters. The summed E-state index contributed by atoms with van der Waals surface area (Å²) in [5, 5.41) is 0.677. The number of anilines is 1. The Labute approximate surface area is 106 Å². The Morgan fingerprint density at radius 3 is 2.65 bits per heavy atom. The number of morpholine rings is 1. The molecule has 0 aliphatic carbocycles. The molecule has 0 N–H and O–H groups in total. The number of benzene rings is 1. The van der Waals surface area contributed by atoms with Crippen LogP contribution < -0.4 is 9.64 Å². The van der Waals surface area contributed by atoms with Crippen LogP contribution in [0.15, 0.2) is 18.2 Å². The van der Waals surface area contributed by atoms with Crippen molar-refractivity contribution in [2.24, 2.45) is 0 Å². The van der Waals surface area contributed by atoms with Gasteiger partial charge in [0.15, 0.2) is 5.75 Å². The predicted molar refractivity (Wildman–Crippen MR) is 68.1 cm³/mol. The molecule has 3 rings (SSSR count). The molecule has 0 saturated carbocycles. The van der Waals surface area contributed by atoms with Gasteiger partial charge >= 0.3 is 0 Å². The van der Waals surface area contributed by atoms with Crippen LogP contribution in [0.3, 0.4) is 0 Å². The Kier molecular flexibility index (Phi) is 2.89. The summed E-state index contributed by atoms with van der Waals surface area (Å²) in [4.78, 5) is 2.42. The van der Waals surface area contributed by atoms with Crippen LogP contribution in [-0.2, 0) is 4.74 Å². The van der Waals surface area contributed by atoms with Gasteiger partial charge in [0.25, 0.3) is 0 Å². The Balaban J connectivity index is 2.01. The van der Waals surface area contributed by atoms with Crippen LogP contribution in [0.2, 0.25) is 5.02 Å². The maximum Gasteiger partial charge on any atom is 0.160 e. The highest BCUT2D eigenvalue weighted by Gasteiger charge is 2.38. The van der Waals surface area contributed by atoms with E-state index in [0.29, 0.717) is 17.1 Å². The molecule has 2 fully saturated rings. The molecule has 0 aromatic heterocycles. The summed E-state index contributed by atoms with van der Waals surface area (Å²) in [5.41, 5.74) is 1.11. The molecule has 0 spiro atoms. The fraction of sp³-hybridized carbons (Fsp3) is 0.538. The van der Waals surface area contributed by atoms with E-state index < -0.39 is 0 Å². The van der Waals surface area contributed by atoms with Gasteiger partial charge in [0.2, 0.25) is 0 Å². The van der Waals surface area contributed by atoms with Gasteiger partial charge in [-0.25, -0.2) is 0 Å². The van der Waals surface area contributed by atoms with Gasteiger partial charge in [-0.05, 0) is 25.0 Å². The molecular weight excluding hydrogens is 238 g/mol. The first-order valence-corrected chi connectivity index (χ1v) is 6.37. The van der Waals surface area contributed by atoms with Gasteiger partial charge in [0, 0.05) is 0 Å². The first-order valence-electron chi connectivity index (χ1n) is 6.00. The summed E-state index contributed by atoms with van der Waals surface area (Å²) < 4.78 is 11.0. The summed E-state index contributed by atoms with van der Waals surface area (Å²) in [6.07, 6.45) is 2.39. The Morgan fingerprint density at radius 1 is 1.29 bits per heavy atom. The fourth-order valence-electron chi connectivity index (χ4n) is 2.92. The average molecular weight is 254 g/mol. The Bertz CT molecular complexity index is 408. The van der Waals surface area contributed by atoms with Gasteiger partial charge in [0.05, 0.1) is 43.1 Å². The first-order chi connectivity index (χ1) is 8.31. The van der Waals surface area contributed by atoms with Crippen molar-refractivity contribution < 1.29 is 9.47 Å². The van der Waals surface area contributed by atoms with Crippen molar-refractivity contribution in [2.75, 3.05) is 25.2 Å². The highest BCUT2D eigenvalue weighted by atomic mass is 35.5. The number of halogens is 1. The lowest BCUT2D eigenvalue weighted by Crippen LogP contribution is -2.46. The second-order valence-corrected chi connectivity index (χ2v) is 5.03. The molecule has 17 heavy (non-hydrogen) atoms. The van der Waals surface area contributed by atoms with Crippen LogP contribution in [-0.4, -0.2) is 32.4 Å². The second-order valence-electron chi connectivity index (χ2n) is 4.62. The van der Waals surface area contributed by atoms with Crippen LogP contribution in [0.5, 0.6) is 5.75 Å². The molecule has 0 amide bonds. The third-order valence-corrected chi connectivity index (χ3v) is 3.97. The quantitative estimate of drug-likeness (QED) is 0.809. The molecule has 92 valence electrons. The van der Waals surface area contributed by atoms with Crippen LogP contribution in [0.1, 0.15) is 12.8 Å². The average Bonchev–Trinajstić information content (AvgIpc) is 2.58. The van der Waals surface area contributed by atoms with Crippen molar-refractivity contribution in [1.29, 1.82) is 0 Å². The fourth-order valence-corrected chi connectivity index (χ4v) is 3.17. The lowest BCUT2D eigenvalue weighted by molar-refractivity contribution is 0.0904. The highest BCUT2D eigenvalue weighted by molar-refractivity contribution is 6.32. The minimum atomic E-state index is 0.473. The monoisotopic (exact) mass is 253 g/mol. The van der Waals surface area contributed by atoms with E-state index in [1.54, 1.807) is 7.11 Å². The molecule has 1 aromatic carbocycles. The third kappa shape index (κ3) is 1.78. The Morgan fingerprint density at radius 2 is 2.00 bits per heavy atom. The van der Waals surface area contributed by atoms with Gasteiger partial charge in [-0.2, -0.15) is 0 Å². The summed E-state index contributed by atoms with van der Waals surface area (Å²) in [6.45, 7) is 1.62. The van der Waals surface area contributed by atoms with E-state index in [2.05, 4.69) is 11.0 Å². The van der Waals surface area contributed by atoms with Crippen LogP contribution >= 0.6 is 11.6 Å². The number of rotatable bonds is 2. The van der Waals surface area contributed by atoms with Crippen molar-refractivity contribution in [1.82, 2.24) is 0 Å². The lowest BCUT2D eigenvalue weighted by atomic mass is 10.2. The van der Waals surface area contributed by atoms with E-state index in [-0.39, 0.29) is 0 Å². The van der Waals surface area contributed by atoms with Crippen LogP contribution in [0, 0.1) is 0 Å². The minimum Gasteiger partial charge on any atom is -0.493 e. The third-order valence-electron chi connectivity index (χ3n) is 3.67. The molecule has 1 aromatic rings. The van der Waals surface area contributed by atoms with E-state index in [1.807, 2.05) is 12.1 Å². The summed E-state index contributed by atoms with van der Waals surface area (Å²) in [7, 11) is 1.67. The minimum absolute atomic E-state index is 0.473. The highest BCUT2D eigenvalue weighted by Crippen LogP contribution is 2.42. The van der Waals surface area contributed by atoms with Gasteiger partial charge in [0.1, 0.15) is 0 Å². The van der Waals surface area contributed by atoms with E-state index in [9.17, 15) is 0 Å². The molecule has 2 bridgehead atoms. The molecule has 0 radical (unpaired) electrons. The van der Waals surface area contributed by atoms with Crippen molar-refractivity contribution in [2.45, 2.75) is 24.9 Å². The van der Waals surface area contributed by atoms with Gasteiger partial charge in [-0.3, -0.25) is 0 Å². The van der Waals surface area contributed by atoms with Crippen molar-refractivity contribution in [3.8, 4) is 5.75 Å². The zero-order chi connectivity index (χ0) is 11.8. The number of hydrogen-bond donors (Lipinski definition) is 0. The standard InChI is InChI=1S/C13H16ClNO2/c1-16-13-11(14)3-2-4-12(13)15-9-5-6-10(15)8-17-7-9/h2-4,9-10H,5-8H2,1H3. The summed E-state index contributed by atoms with van der Waals surface area (Å²) >= 11 is 6.18.